The summed E-state index contributed by atoms with van der Waals surface area (Å²) in [6.45, 7) is 2.59. The van der Waals surface area contributed by atoms with Crippen molar-refractivity contribution in [2.45, 2.75) is 49.8 Å². The minimum Gasteiger partial charge on any atom is -0.338 e. The van der Waals surface area contributed by atoms with E-state index < -0.39 is 10.0 Å². The molecule has 1 saturated carbocycles. The Hall–Kier alpha value is -1.11. The number of fused-ring (bicyclic) bond motifs is 1. The first-order chi connectivity index (χ1) is 13.0. The van der Waals surface area contributed by atoms with E-state index in [0.717, 1.165) is 38.3 Å². The van der Waals surface area contributed by atoms with Gasteiger partial charge in [0.1, 0.15) is 4.90 Å². The Morgan fingerprint density at radius 2 is 1.67 bits per heavy atom. The van der Waals surface area contributed by atoms with Crippen molar-refractivity contribution < 1.29 is 13.2 Å². The Morgan fingerprint density at radius 3 is 2.41 bits per heavy atom. The van der Waals surface area contributed by atoms with Crippen LogP contribution >= 0.6 is 11.6 Å². The predicted molar refractivity (Wildman–Crippen MR) is 105 cm³/mol. The standard InChI is InChI=1S/C20H27ClN2O3S/c21-18-8-7-16(13-19(18)27(25,26)23-10-3-4-11-23)20(24)22-12-9-15-5-1-2-6-17(15)14-22/h7-8,13,15,17H,1-6,9-12,14H2/t15-,17+/m1/s1. The molecule has 148 valence electrons. The molecule has 2 heterocycles. The zero-order chi connectivity index (χ0) is 19.0. The van der Waals surface area contributed by atoms with E-state index in [4.69, 9.17) is 11.6 Å². The summed E-state index contributed by atoms with van der Waals surface area (Å²) >= 11 is 6.21. The van der Waals surface area contributed by atoms with Gasteiger partial charge in [-0.25, -0.2) is 8.42 Å². The Balaban J connectivity index is 1.56. The van der Waals surface area contributed by atoms with E-state index in [0.29, 0.717) is 24.6 Å². The molecule has 4 rings (SSSR count). The van der Waals surface area contributed by atoms with Gasteiger partial charge in [-0.05, 0) is 55.7 Å². The van der Waals surface area contributed by atoms with Crippen LogP contribution in [-0.4, -0.2) is 49.7 Å². The van der Waals surface area contributed by atoms with E-state index in [1.54, 1.807) is 12.1 Å². The van der Waals surface area contributed by atoms with Gasteiger partial charge in [0.2, 0.25) is 10.0 Å². The lowest BCUT2D eigenvalue weighted by molar-refractivity contribution is 0.0520. The number of carbonyl (C=O) groups excluding carboxylic acids is 1. The molecule has 3 aliphatic rings. The second-order valence-corrected chi connectivity index (χ2v) is 10.4. The number of rotatable bonds is 3. The van der Waals surface area contributed by atoms with E-state index in [9.17, 15) is 13.2 Å². The van der Waals surface area contributed by atoms with Crippen LogP contribution < -0.4 is 0 Å². The second kappa shape index (κ2) is 7.72. The molecule has 5 nitrogen and oxygen atoms in total. The number of nitrogens with zero attached hydrogens (tertiary/aromatic N) is 2. The van der Waals surface area contributed by atoms with Gasteiger partial charge in [-0.15, -0.1) is 0 Å². The molecular weight excluding hydrogens is 384 g/mol. The number of amides is 1. The van der Waals surface area contributed by atoms with Gasteiger partial charge in [0.15, 0.2) is 0 Å². The van der Waals surface area contributed by atoms with E-state index in [-0.39, 0.29) is 15.8 Å². The van der Waals surface area contributed by atoms with E-state index >= 15 is 0 Å². The number of halogens is 1. The highest BCUT2D eigenvalue weighted by Gasteiger charge is 2.34. The first kappa shape index (κ1) is 19.2. The van der Waals surface area contributed by atoms with Gasteiger partial charge in [-0.2, -0.15) is 4.31 Å². The minimum atomic E-state index is -3.64. The molecule has 7 heteroatoms. The number of carbonyl (C=O) groups is 1. The van der Waals surface area contributed by atoms with Crippen molar-refractivity contribution in [2.75, 3.05) is 26.2 Å². The van der Waals surface area contributed by atoms with Gasteiger partial charge in [0.05, 0.1) is 5.02 Å². The molecule has 1 aromatic rings. The monoisotopic (exact) mass is 410 g/mol. The van der Waals surface area contributed by atoms with E-state index in [1.165, 1.54) is 36.1 Å². The molecular formula is C20H27ClN2O3S. The van der Waals surface area contributed by atoms with Crippen molar-refractivity contribution in [3.63, 3.8) is 0 Å². The zero-order valence-electron chi connectivity index (χ0n) is 15.6. The van der Waals surface area contributed by atoms with Gasteiger partial charge in [0.25, 0.3) is 5.91 Å². The van der Waals surface area contributed by atoms with Gasteiger partial charge >= 0.3 is 0 Å². The van der Waals surface area contributed by atoms with Crippen LogP contribution in [-0.2, 0) is 10.0 Å². The van der Waals surface area contributed by atoms with Gasteiger partial charge in [-0.3, -0.25) is 4.79 Å². The first-order valence-corrected chi connectivity index (χ1v) is 11.9. The van der Waals surface area contributed by atoms with Crippen molar-refractivity contribution in [2.24, 2.45) is 11.8 Å². The van der Waals surface area contributed by atoms with Crippen molar-refractivity contribution in [3.8, 4) is 0 Å². The summed E-state index contributed by atoms with van der Waals surface area (Å²) in [5.41, 5.74) is 0.423. The Labute approximate surface area is 166 Å². The number of piperidine rings is 1. The number of hydrogen-bond acceptors (Lipinski definition) is 3. The summed E-state index contributed by atoms with van der Waals surface area (Å²) < 4.78 is 27.3. The molecule has 1 amide bonds. The van der Waals surface area contributed by atoms with Crippen LogP contribution in [0.2, 0.25) is 5.02 Å². The fourth-order valence-electron chi connectivity index (χ4n) is 4.87. The molecule has 0 bridgehead atoms. The normalized spacial score (nSPS) is 26.8. The quantitative estimate of drug-likeness (QED) is 0.761. The molecule has 2 aliphatic heterocycles. The highest BCUT2D eigenvalue weighted by molar-refractivity contribution is 7.89. The van der Waals surface area contributed by atoms with Crippen LogP contribution in [0.15, 0.2) is 23.1 Å². The maximum atomic E-state index is 13.1. The molecule has 2 atom stereocenters. The Bertz CT molecular complexity index is 821. The molecule has 0 spiro atoms. The van der Waals surface area contributed by atoms with Crippen molar-refractivity contribution in [1.82, 2.24) is 9.21 Å². The summed E-state index contributed by atoms with van der Waals surface area (Å²) in [7, 11) is -3.64. The molecule has 0 aromatic heterocycles. The fourth-order valence-corrected chi connectivity index (χ4v) is 6.89. The van der Waals surface area contributed by atoms with Crippen LogP contribution in [0, 0.1) is 11.8 Å². The van der Waals surface area contributed by atoms with Gasteiger partial charge < -0.3 is 4.90 Å². The van der Waals surface area contributed by atoms with Crippen LogP contribution in [0.4, 0.5) is 0 Å². The third kappa shape index (κ3) is 3.76. The lowest BCUT2D eigenvalue weighted by Crippen LogP contribution is -2.44. The summed E-state index contributed by atoms with van der Waals surface area (Å²) in [4.78, 5) is 15.0. The summed E-state index contributed by atoms with van der Waals surface area (Å²) in [6.07, 6.45) is 7.84. The highest BCUT2D eigenvalue weighted by Crippen LogP contribution is 2.36. The summed E-state index contributed by atoms with van der Waals surface area (Å²) in [5.74, 6) is 1.27. The average Bonchev–Trinajstić information content (AvgIpc) is 3.23. The number of likely N-dealkylation sites (tertiary alicyclic amines) is 1. The van der Waals surface area contributed by atoms with Crippen LogP contribution in [0.25, 0.3) is 0 Å². The van der Waals surface area contributed by atoms with Crippen LogP contribution in [0.1, 0.15) is 55.3 Å². The smallest absolute Gasteiger partial charge is 0.253 e. The molecule has 0 radical (unpaired) electrons. The third-order valence-electron chi connectivity index (χ3n) is 6.44. The van der Waals surface area contributed by atoms with E-state index in [2.05, 4.69) is 0 Å². The summed E-state index contributed by atoms with van der Waals surface area (Å²) in [6, 6.07) is 4.68. The molecule has 3 fully saturated rings. The largest absolute Gasteiger partial charge is 0.338 e. The number of benzene rings is 1. The lowest BCUT2D eigenvalue weighted by Gasteiger charge is -2.41. The van der Waals surface area contributed by atoms with Crippen molar-refractivity contribution in [3.05, 3.63) is 28.8 Å². The topological polar surface area (TPSA) is 57.7 Å². The van der Waals surface area contributed by atoms with Crippen LogP contribution in [0.5, 0.6) is 0 Å². The first-order valence-electron chi connectivity index (χ1n) is 10.1. The maximum absolute atomic E-state index is 13.1. The van der Waals surface area contributed by atoms with E-state index in [1.807, 2.05) is 4.90 Å². The van der Waals surface area contributed by atoms with Gasteiger partial charge in [0, 0.05) is 31.7 Å². The zero-order valence-corrected chi connectivity index (χ0v) is 17.1. The SMILES string of the molecule is O=C(c1ccc(Cl)c(S(=O)(=O)N2CCCC2)c1)N1CC[C@H]2CCCC[C@H]2C1. The number of sulfonamides is 1. The maximum Gasteiger partial charge on any atom is 0.253 e. The lowest BCUT2D eigenvalue weighted by atomic mass is 9.75. The molecule has 27 heavy (non-hydrogen) atoms. The molecule has 1 aliphatic carbocycles. The Kier molecular flexibility index (Phi) is 5.50. The molecule has 2 saturated heterocycles. The molecule has 1 aromatic carbocycles. The van der Waals surface area contributed by atoms with Crippen molar-refractivity contribution in [1.29, 1.82) is 0 Å². The average molecular weight is 411 g/mol. The second-order valence-electron chi connectivity index (χ2n) is 8.10. The Morgan fingerprint density at radius 1 is 0.963 bits per heavy atom. The van der Waals surface area contributed by atoms with Gasteiger partial charge in [-0.1, -0.05) is 30.9 Å². The molecule has 0 N–H and O–H groups in total. The predicted octanol–water partition coefficient (Wildman–Crippen LogP) is 3.78. The summed E-state index contributed by atoms with van der Waals surface area (Å²) in [5, 5.41) is 0.185. The highest BCUT2D eigenvalue weighted by atomic mass is 35.5. The molecule has 0 unspecified atom stereocenters. The minimum absolute atomic E-state index is 0.0597. The van der Waals surface area contributed by atoms with Crippen LogP contribution in [0.3, 0.4) is 0 Å². The third-order valence-corrected chi connectivity index (χ3v) is 8.82. The number of hydrogen-bond donors (Lipinski definition) is 0. The fraction of sp³-hybridized carbons (Fsp3) is 0.650. The van der Waals surface area contributed by atoms with Crippen molar-refractivity contribution >= 4 is 27.5 Å².